The maximum Gasteiger partial charge on any atom is 0.340 e. The zero-order valence-electron chi connectivity index (χ0n) is 12.8. The van der Waals surface area contributed by atoms with Crippen molar-refractivity contribution < 1.29 is 22.7 Å². The molecule has 0 aliphatic heterocycles. The number of ether oxygens (including phenoxy) is 1. The molecule has 0 aliphatic carbocycles. The van der Waals surface area contributed by atoms with Gasteiger partial charge in [-0.2, -0.15) is 0 Å². The van der Waals surface area contributed by atoms with Crippen LogP contribution in [0.2, 0.25) is 5.02 Å². The molecule has 0 bridgehead atoms. The SMILES string of the molecule is CCCC(C)NC(=O)COC(=O)c1cc(S(N)(=O)=O)ccc1Cl. The van der Waals surface area contributed by atoms with Crippen LogP contribution in [-0.4, -0.2) is 32.9 Å². The first-order chi connectivity index (χ1) is 10.6. The molecule has 7 nitrogen and oxygen atoms in total. The number of carbonyl (C=O) groups excluding carboxylic acids is 2. The van der Waals surface area contributed by atoms with Crippen LogP contribution < -0.4 is 10.5 Å². The molecule has 1 aromatic carbocycles. The topological polar surface area (TPSA) is 116 Å². The third-order valence-corrected chi connectivity index (χ3v) is 4.19. The van der Waals surface area contributed by atoms with Gasteiger partial charge in [0.05, 0.1) is 15.5 Å². The van der Waals surface area contributed by atoms with Gasteiger partial charge in [0.15, 0.2) is 6.61 Å². The number of rotatable bonds is 7. The first-order valence-electron chi connectivity index (χ1n) is 6.94. The number of primary sulfonamides is 1. The molecule has 128 valence electrons. The van der Waals surface area contributed by atoms with Crippen LogP contribution in [0.4, 0.5) is 0 Å². The van der Waals surface area contributed by atoms with E-state index < -0.39 is 28.5 Å². The lowest BCUT2D eigenvalue weighted by atomic mass is 10.2. The molecule has 0 saturated heterocycles. The lowest BCUT2D eigenvalue weighted by molar-refractivity contribution is -0.124. The van der Waals surface area contributed by atoms with Crippen LogP contribution in [-0.2, 0) is 19.6 Å². The number of sulfonamides is 1. The molecule has 0 fully saturated rings. The number of amides is 1. The Bertz CT molecular complexity index is 690. The van der Waals surface area contributed by atoms with E-state index in [1.54, 1.807) is 0 Å². The highest BCUT2D eigenvalue weighted by atomic mass is 35.5. The van der Waals surface area contributed by atoms with Crippen molar-refractivity contribution in [2.75, 3.05) is 6.61 Å². The Morgan fingerprint density at radius 2 is 2.04 bits per heavy atom. The summed E-state index contributed by atoms with van der Waals surface area (Å²) in [5.41, 5.74) is -0.174. The van der Waals surface area contributed by atoms with Crippen molar-refractivity contribution in [2.24, 2.45) is 5.14 Å². The minimum atomic E-state index is -3.97. The maximum absolute atomic E-state index is 11.9. The first kappa shape index (κ1) is 19.4. The Kier molecular flexibility index (Phi) is 6.99. The van der Waals surface area contributed by atoms with E-state index in [2.05, 4.69) is 5.32 Å². The molecule has 1 unspecified atom stereocenters. The van der Waals surface area contributed by atoms with E-state index in [9.17, 15) is 18.0 Å². The summed E-state index contributed by atoms with van der Waals surface area (Å²) >= 11 is 5.85. The third kappa shape index (κ3) is 6.17. The molecule has 3 N–H and O–H groups in total. The van der Waals surface area contributed by atoms with Gasteiger partial charge in [0, 0.05) is 6.04 Å². The van der Waals surface area contributed by atoms with Gasteiger partial charge in [-0.05, 0) is 31.5 Å². The molecular formula is C14H19ClN2O5S. The van der Waals surface area contributed by atoms with Crippen LogP contribution in [0.25, 0.3) is 0 Å². The minimum absolute atomic E-state index is 0.00200. The van der Waals surface area contributed by atoms with Crippen LogP contribution in [0.15, 0.2) is 23.1 Å². The smallest absolute Gasteiger partial charge is 0.340 e. The van der Waals surface area contributed by atoms with Gasteiger partial charge in [-0.1, -0.05) is 24.9 Å². The number of carbonyl (C=O) groups is 2. The molecule has 0 aromatic heterocycles. The van der Waals surface area contributed by atoms with Crippen molar-refractivity contribution in [3.63, 3.8) is 0 Å². The molecule has 9 heteroatoms. The highest BCUT2D eigenvalue weighted by Crippen LogP contribution is 2.20. The van der Waals surface area contributed by atoms with Gasteiger partial charge < -0.3 is 10.1 Å². The van der Waals surface area contributed by atoms with E-state index in [1.165, 1.54) is 12.1 Å². The van der Waals surface area contributed by atoms with Gasteiger partial charge in [-0.3, -0.25) is 4.79 Å². The normalized spacial score (nSPS) is 12.5. The summed E-state index contributed by atoms with van der Waals surface area (Å²) in [4.78, 5) is 23.3. The fourth-order valence-corrected chi connectivity index (χ4v) is 2.60. The summed E-state index contributed by atoms with van der Waals surface area (Å²) in [6.45, 7) is 3.35. The highest BCUT2D eigenvalue weighted by Gasteiger charge is 2.18. The largest absolute Gasteiger partial charge is 0.452 e. The lowest BCUT2D eigenvalue weighted by Crippen LogP contribution is -2.35. The number of esters is 1. The van der Waals surface area contributed by atoms with E-state index in [4.69, 9.17) is 21.5 Å². The van der Waals surface area contributed by atoms with Crippen molar-refractivity contribution in [2.45, 2.75) is 37.6 Å². The fourth-order valence-electron chi connectivity index (χ4n) is 1.87. The Morgan fingerprint density at radius 1 is 1.39 bits per heavy atom. The molecule has 0 saturated carbocycles. The van der Waals surface area contributed by atoms with Crippen LogP contribution >= 0.6 is 11.6 Å². The Labute approximate surface area is 140 Å². The molecule has 1 atom stereocenters. The van der Waals surface area contributed by atoms with Gasteiger partial charge in [-0.25, -0.2) is 18.4 Å². The van der Waals surface area contributed by atoms with Gasteiger partial charge >= 0.3 is 5.97 Å². The summed E-state index contributed by atoms with van der Waals surface area (Å²) in [6, 6.07) is 3.38. The van der Waals surface area contributed by atoms with E-state index >= 15 is 0 Å². The van der Waals surface area contributed by atoms with Crippen molar-refractivity contribution in [1.29, 1.82) is 0 Å². The van der Waals surface area contributed by atoms with Crippen molar-refractivity contribution in [1.82, 2.24) is 5.32 Å². The monoisotopic (exact) mass is 362 g/mol. The van der Waals surface area contributed by atoms with Gasteiger partial charge in [0.2, 0.25) is 10.0 Å². The number of halogens is 1. The molecule has 0 spiro atoms. The van der Waals surface area contributed by atoms with Crippen LogP contribution in [0.5, 0.6) is 0 Å². The average molecular weight is 363 g/mol. The predicted octanol–water partition coefficient (Wildman–Crippen LogP) is 1.45. The second-order valence-electron chi connectivity index (χ2n) is 5.02. The zero-order chi connectivity index (χ0) is 17.6. The molecule has 23 heavy (non-hydrogen) atoms. The number of benzene rings is 1. The van der Waals surface area contributed by atoms with Gasteiger partial charge in [-0.15, -0.1) is 0 Å². The molecule has 0 heterocycles. The molecule has 0 aliphatic rings. The van der Waals surface area contributed by atoms with Crippen LogP contribution in [0.1, 0.15) is 37.0 Å². The van der Waals surface area contributed by atoms with E-state index in [0.717, 1.165) is 18.9 Å². The van der Waals surface area contributed by atoms with Crippen molar-refractivity contribution in [3.05, 3.63) is 28.8 Å². The van der Waals surface area contributed by atoms with Crippen molar-refractivity contribution in [3.8, 4) is 0 Å². The highest BCUT2D eigenvalue weighted by molar-refractivity contribution is 7.89. The first-order valence-corrected chi connectivity index (χ1v) is 8.86. The number of hydrogen-bond acceptors (Lipinski definition) is 5. The van der Waals surface area contributed by atoms with E-state index in [0.29, 0.717) is 0 Å². The Morgan fingerprint density at radius 3 is 2.61 bits per heavy atom. The summed E-state index contributed by atoms with van der Waals surface area (Å²) in [5.74, 6) is -1.35. The van der Waals surface area contributed by atoms with Crippen LogP contribution in [0.3, 0.4) is 0 Å². The van der Waals surface area contributed by atoms with E-state index in [-0.39, 0.29) is 21.5 Å². The van der Waals surface area contributed by atoms with Crippen LogP contribution in [0, 0.1) is 0 Å². The quantitative estimate of drug-likeness (QED) is 0.712. The molecule has 1 aromatic rings. The Balaban J connectivity index is 2.73. The summed E-state index contributed by atoms with van der Waals surface area (Å²) in [6.07, 6.45) is 1.72. The average Bonchev–Trinajstić information content (AvgIpc) is 2.44. The van der Waals surface area contributed by atoms with Crippen molar-refractivity contribution >= 4 is 33.5 Å². The second-order valence-corrected chi connectivity index (χ2v) is 6.99. The fraction of sp³-hybridized carbons (Fsp3) is 0.429. The molecule has 1 rings (SSSR count). The second kappa shape index (κ2) is 8.28. The number of nitrogens with one attached hydrogen (secondary N) is 1. The van der Waals surface area contributed by atoms with Gasteiger partial charge in [0.25, 0.3) is 5.91 Å². The predicted molar refractivity (Wildman–Crippen MR) is 85.6 cm³/mol. The number of hydrogen-bond donors (Lipinski definition) is 2. The summed E-state index contributed by atoms with van der Waals surface area (Å²) < 4.78 is 27.4. The third-order valence-electron chi connectivity index (χ3n) is 2.95. The molecule has 0 radical (unpaired) electrons. The Hall–Kier alpha value is -1.64. The van der Waals surface area contributed by atoms with Gasteiger partial charge in [0.1, 0.15) is 0 Å². The molecular weight excluding hydrogens is 344 g/mol. The minimum Gasteiger partial charge on any atom is -0.452 e. The summed E-state index contributed by atoms with van der Waals surface area (Å²) in [7, 11) is -3.97. The standard InChI is InChI=1S/C14H19ClN2O5S/c1-3-4-9(2)17-13(18)8-22-14(19)11-7-10(23(16,20)21)5-6-12(11)15/h5-7,9H,3-4,8H2,1-2H3,(H,17,18)(H2,16,20,21). The number of nitrogens with two attached hydrogens (primary N) is 1. The summed E-state index contributed by atoms with van der Waals surface area (Å²) in [5, 5.41) is 7.67. The molecule has 1 amide bonds. The van der Waals surface area contributed by atoms with E-state index in [1.807, 2.05) is 13.8 Å². The maximum atomic E-state index is 11.9. The zero-order valence-corrected chi connectivity index (χ0v) is 14.4. The lowest BCUT2D eigenvalue weighted by Gasteiger charge is -2.13.